The fraction of sp³-hybridized carbons (Fsp3) is 0.455. The maximum absolute atomic E-state index is 12.9. The molecule has 5 nitrogen and oxygen atoms in total. The molecule has 1 saturated heterocycles. The minimum absolute atomic E-state index is 0.111. The van der Waals surface area contributed by atoms with Gasteiger partial charge in [0.25, 0.3) is 0 Å². The number of fused-ring (bicyclic) bond motifs is 1. The van der Waals surface area contributed by atoms with Gasteiger partial charge in [-0.2, -0.15) is 13.2 Å². The second-order valence-electron chi connectivity index (χ2n) is 7.88. The fourth-order valence-electron chi connectivity index (χ4n) is 4.16. The summed E-state index contributed by atoms with van der Waals surface area (Å²) in [7, 11) is 0. The number of hydrogen-bond donors (Lipinski definition) is 0. The highest BCUT2D eigenvalue weighted by Gasteiger charge is 2.32. The van der Waals surface area contributed by atoms with E-state index in [1.807, 2.05) is 23.1 Å². The Balaban J connectivity index is 1.30. The molecule has 8 heteroatoms. The molecule has 0 spiro atoms. The predicted octanol–water partition coefficient (Wildman–Crippen LogP) is 3.20. The van der Waals surface area contributed by atoms with Crippen molar-refractivity contribution in [3.8, 4) is 0 Å². The van der Waals surface area contributed by atoms with Gasteiger partial charge in [-0.1, -0.05) is 18.2 Å². The number of carbonyl (C=O) groups is 1. The van der Waals surface area contributed by atoms with Crippen LogP contribution in [-0.4, -0.2) is 60.0 Å². The molecule has 0 bridgehead atoms. The molecule has 0 N–H and O–H groups in total. The fourth-order valence-corrected chi connectivity index (χ4v) is 4.16. The smallest absolute Gasteiger partial charge is 0.311 e. The molecule has 3 heterocycles. The van der Waals surface area contributed by atoms with Gasteiger partial charge in [0.1, 0.15) is 5.69 Å². The van der Waals surface area contributed by atoms with Crippen molar-refractivity contribution >= 4 is 11.6 Å². The zero-order valence-electron chi connectivity index (χ0n) is 16.7. The molecule has 0 radical (unpaired) electrons. The van der Waals surface area contributed by atoms with Crippen molar-refractivity contribution in [1.29, 1.82) is 0 Å². The first-order chi connectivity index (χ1) is 14.4. The average Bonchev–Trinajstić information content (AvgIpc) is 2.74. The van der Waals surface area contributed by atoms with Crippen molar-refractivity contribution < 1.29 is 18.0 Å². The number of carbonyl (C=O) groups excluding carboxylic acids is 1. The van der Waals surface area contributed by atoms with Crippen LogP contribution in [0.25, 0.3) is 0 Å². The van der Waals surface area contributed by atoms with E-state index >= 15 is 0 Å². The van der Waals surface area contributed by atoms with E-state index in [-0.39, 0.29) is 5.91 Å². The highest BCUT2D eigenvalue weighted by atomic mass is 19.4. The number of pyridine rings is 1. The number of benzene rings is 1. The highest BCUT2D eigenvalue weighted by molar-refractivity contribution is 5.95. The second-order valence-corrected chi connectivity index (χ2v) is 7.88. The van der Waals surface area contributed by atoms with Gasteiger partial charge in [-0.15, -0.1) is 0 Å². The number of halogens is 3. The summed E-state index contributed by atoms with van der Waals surface area (Å²) in [5.74, 6) is 0.111. The Labute approximate surface area is 174 Å². The number of aryl methyl sites for hydroxylation is 1. The summed E-state index contributed by atoms with van der Waals surface area (Å²) in [6.45, 7) is 4.44. The van der Waals surface area contributed by atoms with Crippen LogP contribution >= 0.6 is 0 Å². The Morgan fingerprint density at radius 1 is 1.00 bits per heavy atom. The standard InChI is InChI=1S/C22H25F3N4O/c23-22(24,25)20-14-17(7-8-26-20)15-27-10-12-28(13-11-27)16-21(30)29-9-3-5-18-4-1-2-6-19(18)29/h1-2,4,6-8,14H,3,5,9-13,15-16H2. The summed E-state index contributed by atoms with van der Waals surface area (Å²) >= 11 is 0. The molecule has 1 fully saturated rings. The molecule has 0 unspecified atom stereocenters. The summed E-state index contributed by atoms with van der Waals surface area (Å²) in [6.07, 6.45) is -1.24. The van der Waals surface area contributed by atoms with Gasteiger partial charge in [0, 0.05) is 51.2 Å². The summed E-state index contributed by atoms with van der Waals surface area (Å²) in [5.41, 5.74) is 1.99. The lowest BCUT2D eigenvalue weighted by atomic mass is 10.0. The molecule has 1 aromatic heterocycles. The molecule has 2 aliphatic heterocycles. The van der Waals surface area contributed by atoms with Gasteiger partial charge in [-0.25, -0.2) is 0 Å². The van der Waals surface area contributed by atoms with E-state index in [9.17, 15) is 18.0 Å². The van der Waals surface area contributed by atoms with Crippen LogP contribution in [0, 0.1) is 0 Å². The van der Waals surface area contributed by atoms with E-state index in [4.69, 9.17) is 0 Å². The number of piperazine rings is 1. The van der Waals surface area contributed by atoms with E-state index in [0.717, 1.165) is 44.2 Å². The van der Waals surface area contributed by atoms with Crippen molar-refractivity contribution in [3.05, 3.63) is 59.4 Å². The predicted molar refractivity (Wildman–Crippen MR) is 108 cm³/mol. The number of rotatable bonds is 4. The number of nitrogens with zero attached hydrogens (tertiary/aromatic N) is 4. The molecular formula is C22H25F3N4O. The summed E-state index contributed by atoms with van der Waals surface area (Å²) in [5, 5.41) is 0. The van der Waals surface area contributed by atoms with E-state index in [2.05, 4.69) is 20.9 Å². The Bertz CT molecular complexity index is 894. The van der Waals surface area contributed by atoms with Crippen LogP contribution in [0.1, 0.15) is 23.2 Å². The van der Waals surface area contributed by atoms with Gasteiger partial charge in [0.2, 0.25) is 5.91 Å². The third-order valence-corrected chi connectivity index (χ3v) is 5.76. The third kappa shape index (κ3) is 4.82. The largest absolute Gasteiger partial charge is 0.433 e. The van der Waals surface area contributed by atoms with Crippen LogP contribution in [0.3, 0.4) is 0 Å². The molecule has 0 aliphatic carbocycles. The first kappa shape index (κ1) is 20.8. The summed E-state index contributed by atoms with van der Waals surface area (Å²) in [4.78, 5) is 22.4. The number of anilines is 1. The molecule has 160 valence electrons. The van der Waals surface area contributed by atoms with Gasteiger partial charge in [-0.3, -0.25) is 19.6 Å². The highest BCUT2D eigenvalue weighted by Crippen LogP contribution is 2.28. The first-order valence-electron chi connectivity index (χ1n) is 10.3. The number of amides is 1. The number of aromatic nitrogens is 1. The zero-order chi connectivity index (χ0) is 21.1. The van der Waals surface area contributed by atoms with Crippen molar-refractivity contribution in [3.63, 3.8) is 0 Å². The first-order valence-corrected chi connectivity index (χ1v) is 10.3. The number of hydrogen-bond acceptors (Lipinski definition) is 4. The molecule has 1 amide bonds. The van der Waals surface area contributed by atoms with E-state index < -0.39 is 11.9 Å². The van der Waals surface area contributed by atoms with Crippen LogP contribution in [-0.2, 0) is 23.9 Å². The van der Waals surface area contributed by atoms with Gasteiger partial charge in [0.15, 0.2) is 0 Å². The average molecular weight is 418 g/mol. The minimum atomic E-state index is -4.43. The molecule has 2 aliphatic rings. The molecule has 1 aromatic carbocycles. The van der Waals surface area contributed by atoms with Gasteiger partial charge >= 0.3 is 6.18 Å². The van der Waals surface area contributed by atoms with E-state index in [1.54, 1.807) is 6.07 Å². The lowest BCUT2D eigenvalue weighted by Gasteiger charge is -2.36. The molecular weight excluding hydrogens is 393 g/mol. The van der Waals surface area contributed by atoms with Crippen molar-refractivity contribution in [2.75, 3.05) is 44.2 Å². The lowest BCUT2D eigenvalue weighted by Crippen LogP contribution is -2.50. The molecule has 0 atom stereocenters. The Morgan fingerprint density at radius 2 is 1.73 bits per heavy atom. The monoisotopic (exact) mass is 418 g/mol. The van der Waals surface area contributed by atoms with E-state index in [0.29, 0.717) is 31.7 Å². The van der Waals surface area contributed by atoms with Crippen LogP contribution < -0.4 is 4.90 Å². The van der Waals surface area contributed by atoms with Crippen molar-refractivity contribution in [2.24, 2.45) is 0 Å². The maximum Gasteiger partial charge on any atom is 0.433 e. The Kier molecular flexibility index (Phi) is 6.06. The number of para-hydroxylation sites is 1. The molecule has 2 aromatic rings. The molecule has 0 saturated carbocycles. The van der Waals surface area contributed by atoms with Crippen LogP contribution in [0.15, 0.2) is 42.6 Å². The van der Waals surface area contributed by atoms with Crippen LogP contribution in [0.2, 0.25) is 0 Å². The SMILES string of the molecule is O=C(CN1CCN(Cc2ccnc(C(F)(F)F)c2)CC1)N1CCCc2ccccc21. The van der Waals surface area contributed by atoms with Gasteiger partial charge < -0.3 is 4.90 Å². The third-order valence-electron chi connectivity index (χ3n) is 5.76. The van der Waals surface area contributed by atoms with Crippen LogP contribution in [0.5, 0.6) is 0 Å². The maximum atomic E-state index is 12.9. The van der Waals surface area contributed by atoms with Crippen molar-refractivity contribution in [2.45, 2.75) is 25.6 Å². The Hall–Kier alpha value is -2.45. The minimum Gasteiger partial charge on any atom is -0.311 e. The topological polar surface area (TPSA) is 39.7 Å². The van der Waals surface area contributed by atoms with E-state index in [1.165, 1.54) is 11.8 Å². The summed E-state index contributed by atoms with van der Waals surface area (Å²) < 4.78 is 38.5. The van der Waals surface area contributed by atoms with Crippen LogP contribution in [0.4, 0.5) is 18.9 Å². The van der Waals surface area contributed by atoms with Crippen molar-refractivity contribution in [1.82, 2.24) is 14.8 Å². The molecule has 4 rings (SSSR count). The van der Waals surface area contributed by atoms with Gasteiger partial charge in [0.05, 0.1) is 6.54 Å². The lowest BCUT2D eigenvalue weighted by molar-refractivity contribution is -0.141. The number of alkyl halides is 3. The van der Waals surface area contributed by atoms with Gasteiger partial charge in [-0.05, 0) is 42.2 Å². The molecule has 30 heavy (non-hydrogen) atoms. The Morgan fingerprint density at radius 3 is 2.50 bits per heavy atom. The normalized spacial score (nSPS) is 18.3. The second kappa shape index (κ2) is 8.73. The quantitative estimate of drug-likeness (QED) is 0.765. The summed E-state index contributed by atoms with van der Waals surface area (Å²) in [6, 6.07) is 10.8. The zero-order valence-corrected chi connectivity index (χ0v) is 16.7.